The second-order valence-electron chi connectivity index (χ2n) is 4.08. The Morgan fingerprint density at radius 2 is 2.25 bits per heavy atom. The topological polar surface area (TPSA) is 54.9 Å². The van der Waals surface area contributed by atoms with Crippen molar-refractivity contribution in [2.75, 3.05) is 6.54 Å². The number of aromatic nitrogens is 2. The second kappa shape index (κ2) is 5.25. The van der Waals surface area contributed by atoms with Gasteiger partial charge >= 0.3 is 0 Å². The van der Waals surface area contributed by atoms with Gasteiger partial charge < -0.3 is 5.32 Å². The van der Waals surface area contributed by atoms with Crippen molar-refractivity contribution in [1.82, 2.24) is 15.5 Å². The van der Waals surface area contributed by atoms with Crippen LogP contribution in [-0.4, -0.2) is 22.6 Å². The van der Waals surface area contributed by atoms with Crippen molar-refractivity contribution in [2.45, 2.75) is 25.7 Å². The summed E-state index contributed by atoms with van der Waals surface area (Å²) in [6.07, 6.45) is 5.00. The maximum Gasteiger partial charge on any atom is 0.271 e. The Morgan fingerprint density at radius 1 is 1.44 bits per heavy atom. The van der Waals surface area contributed by atoms with Gasteiger partial charge in [-0.25, -0.2) is 0 Å². The normalized spacial score (nSPS) is 15.6. The van der Waals surface area contributed by atoms with E-state index in [1.54, 1.807) is 12.1 Å². The van der Waals surface area contributed by atoms with Crippen molar-refractivity contribution in [1.29, 1.82) is 0 Å². The summed E-state index contributed by atoms with van der Waals surface area (Å²) in [6.45, 7) is 0.716. The van der Waals surface area contributed by atoms with Crippen molar-refractivity contribution < 1.29 is 4.79 Å². The SMILES string of the molecule is O=C(NCCC1CCC1)c1ccc(Cl)nn1. The fraction of sp³-hybridized carbons (Fsp3) is 0.545. The summed E-state index contributed by atoms with van der Waals surface area (Å²) in [5.41, 5.74) is 0.318. The smallest absolute Gasteiger partial charge is 0.271 e. The molecular weight excluding hydrogens is 226 g/mol. The Bertz CT molecular complexity index is 362. The Balaban J connectivity index is 1.76. The van der Waals surface area contributed by atoms with Crippen LogP contribution in [0.25, 0.3) is 0 Å². The molecule has 1 aromatic rings. The molecule has 2 rings (SSSR count). The van der Waals surface area contributed by atoms with Crippen LogP contribution in [0, 0.1) is 5.92 Å². The molecule has 1 N–H and O–H groups in total. The van der Waals surface area contributed by atoms with Gasteiger partial charge in [-0.15, -0.1) is 10.2 Å². The van der Waals surface area contributed by atoms with Crippen molar-refractivity contribution in [3.63, 3.8) is 0 Å². The van der Waals surface area contributed by atoms with Gasteiger partial charge in [0, 0.05) is 6.54 Å². The number of nitrogens with zero attached hydrogens (tertiary/aromatic N) is 2. The molecule has 16 heavy (non-hydrogen) atoms. The molecule has 1 heterocycles. The molecule has 4 nitrogen and oxygen atoms in total. The zero-order valence-electron chi connectivity index (χ0n) is 8.95. The fourth-order valence-electron chi connectivity index (χ4n) is 1.70. The molecule has 0 aromatic carbocycles. The third-order valence-corrected chi connectivity index (χ3v) is 3.13. The van der Waals surface area contributed by atoms with Crippen LogP contribution in [0.15, 0.2) is 12.1 Å². The molecule has 0 aliphatic heterocycles. The minimum atomic E-state index is -0.177. The van der Waals surface area contributed by atoms with Crippen molar-refractivity contribution >= 4 is 17.5 Å². The van der Waals surface area contributed by atoms with Gasteiger partial charge in [-0.2, -0.15) is 0 Å². The number of hydrogen-bond acceptors (Lipinski definition) is 3. The van der Waals surface area contributed by atoms with E-state index in [9.17, 15) is 4.79 Å². The Morgan fingerprint density at radius 3 is 2.81 bits per heavy atom. The average Bonchev–Trinajstić information content (AvgIpc) is 2.22. The van der Waals surface area contributed by atoms with Crippen molar-refractivity contribution in [3.8, 4) is 0 Å². The van der Waals surface area contributed by atoms with Crippen LogP contribution in [0.2, 0.25) is 5.15 Å². The van der Waals surface area contributed by atoms with Gasteiger partial charge in [-0.05, 0) is 24.5 Å². The highest BCUT2D eigenvalue weighted by atomic mass is 35.5. The van der Waals surface area contributed by atoms with E-state index >= 15 is 0 Å². The number of halogens is 1. The zero-order chi connectivity index (χ0) is 11.4. The van der Waals surface area contributed by atoms with E-state index in [2.05, 4.69) is 15.5 Å². The molecule has 0 bridgehead atoms. The molecule has 0 radical (unpaired) electrons. The van der Waals surface area contributed by atoms with E-state index < -0.39 is 0 Å². The van der Waals surface area contributed by atoms with Crippen LogP contribution < -0.4 is 5.32 Å². The molecular formula is C11H14ClN3O. The molecule has 86 valence electrons. The molecule has 0 spiro atoms. The lowest BCUT2D eigenvalue weighted by Crippen LogP contribution is -2.28. The first-order valence-electron chi connectivity index (χ1n) is 5.53. The highest BCUT2D eigenvalue weighted by molar-refractivity contribution is 6.29. The second-order valence-corrected chi connectivity index (χ2v) is 4.47. The summed E-state index contributed by atoms with van der Waals surface area (Å²) in [5, 5.41) is 10.5. The van der Waals surface area contributed by atoms with E-state index in [4.69, 9.17) is 11.6 Å². The first-order chi connectivity index (χ1) is 7.75. The predicted molar refractivity (Wildman–Crippen MR) is 61.3 cm³/mol. The van der Waals surface area contributed by atoms with Crippen molar-refractivity contribution in [2.24, 2.45) is 5.92 Å². The summed E-state index contributed by atoms with van der Waals surface area (Å²) in [6, 6.07) is 3.14. The molecule has 1 aliphatic rings. The Labute approximate surface area is 99.4 Å². The summed E-state index contributed by atoms with van der Waals surface area (Å²) in [7, 11) is 0. The molecule has 0 saturated heterocycles. The minimum Gasteiger partial charge on any atom is -0.351 e. The lowest BCUT2D eigenvalue weighted by Gasteiger charge is -2.24. The van der Waals surface area contributed by atoms with Crippen LogP contribution in [0.5, 0.6) is 0 Å². The summed E-state index contributed by atoms with van der Waals surface area (Å²) < 4.78 is 0. The number of hydrogen-bond donors (Lipinski definition) is 1. The van der Waals surface area contributed by atoms with Crippen LogP contribution >= 0.6 is 11.6 Å². The van der Waals surface area contributed by atoms with E-state index in [1.807, 2.05) is 0 Å². The zero-order valence-corrected chi connectivity index (χ0v) is 9.70. The molecule has 0 unspecified atom stereocenters. The third kappa shape index (κ3) is 2.92. The number of carbonyl (C=O) groups excluding carboxylic acids is 1. The van der Waals surface area contributed by atoms with Gasteiger partial charge in [-0.3, -0.25) is 4.79 Å². The highest BCUT2D eigenvalue weighted by Crippen LogP contribution is 2.28. The maximum absolute atomic E-state index is 11.6. The molecule has 1 saturated carbocycles. The van der Waals surface area contributed by atoms with E-state index in [1.165, 1.54) is 19.3 Å². The number of rotatable bonds is 4. The predicted octanol–water partition coefficient (Wildman–Crippen LogP) is 2.05. The maximum atomic E-state index is 11.6. The highest BCUT2D eigenvalue weighted by Gasteiger charge is 2.17. The van der Waals surface area contributed by atoms with Crippen LogP contribution in [0.1, 0.15) is 36.2 Å². The number of carbonyl (C=O) groups is 1. The van der Waals surface area contributed by atoms with Gasteiger partial charge in [0.15, 0.2) is 10.8 Å². The Kier molecular flexibility index (Phi) is 3.72. The first-order valence-corrected chi connectivity index (χ1v) is 5.91. The largest absolute Gasteiger partial charge is 0.351 e. The standard InChI is InChI=1S/C11H14ClN3O/c12-10-5-4-9(14-15-10)11(16)13-7-6-8-2-1-3-8/h4-5,8H,1-3,6-7H2,(H,13,16). The average molecular weight is 240 g/mol. The van der Waals surface area contributed by atoms with Gasteiger partial charge in [0.25, 0.3) is 5.91 Å². The van der Waals surface area contributed by atoms with Crippen molar-refractivity contribution in [3.05, 3.63) is 23.0 Å². The lowest BCUT2D eigenvalue weighted by atomic mass is 9.83. The fourth-order valence-corrected chi connectivity index (χ4v) is 1.80. The Hall–Kier alpha value is -1.16. The van der Waals surface area contributed by atoms with E-state index in [-0.39, 0.29) is 5.91 Å². The van der Waals surface area contributed by atoms with Gasteiger partial charge in [0.1, 0.15) is 0 Å². The summed E-state index contributed by atoms with van der Waals surface area (Å²) >= 11 is 5.58. The lowest BCUT2D eigenvalue weighted by molar-refractivity contribution is 0.0943. The van der Waals surface area contributed by atoms with Crippen LogP contribution in [-0.2, 0) is 0 Å². The molecule has 1 aliphatic carbocycles. The van der Waals surface area contributed by atoms with Crippen LogP contribution in [0.4, 0.5) is 0 Å². The molecule has 5 heteroatoms. The summed E-state index contributed by atoms with van der Waals surface area (Å²) in [4.78, 5) is 11.6. The quantitative estimate of drug-likeness (QED) is 0.875. The van der Waals surface area contributed by atoms with Gasteiger partial charge in [0.2, 0.25) is 0 Å². The molecule has 1 amide bonds. The van der Waals surface area contributed by atoms with E-state index in [0.717, 1.165) is 12.3 Å². The summed E-state index contributed by atoms with van der Waals surface area (Å²) in [5.74, 6) is 0.625. The molecule has 1 aromatic heterocycles. The molecule has 0 atom stereocenters. The first kappa shape index (κ1) is 11.3. The van der Waals surface area contributed by atoms with Crippen LogP contribution in [0.3, 0.4) is 0 Å². The monoisotopic (exact) mass is 239 g/mol. The van der Waals surface area contributed by atoms with Gasteiger partial charge in [0.05, 0.1) is 0 Å². The van der Waals surface area contributed by atoms with Gasteiger partial charge in [-0.1, -0.05) is 30.9 Å². The number of amides is 1. The minimum absolute atomic E-state index is 0.177. The number of nitrogens with one attached hydrogen (secondary N) is 1. The third-order valence-electron chi connectivity index (χ3n) is 2.93. The molecule has 1 fully saturated rings. The van der Waals surface area contributed by atoms with E-state index in [0.29, 0.717) is 17.4 Å².